The predicted molar refractivity (Wildman–Crippen MR) is 78.3 cm³/mol. The first-order valence-corrected chi connectivity index (χ1v) is 6.88. The lowest BCUT2D eigenvalue weighted by atomic mass is 9.90. The third-order valence-corrected chi connectivity index (χ3v) is 4.09. The molecule has 1 fully saturated rings. The van der Waals surface area contributed by atoms with Crippen LogP contribution in [0.25, 0.3) is 0 Å². The SMILES string of the molecule is Cc1ccc(C(N)=O)c(N(C)C2CCC(N)CC2)c1. The van der Waals surface area contributed by atoms with Gasteiger partial charge >= 0.3 is 0 Å². The number of nitrogens with two attached hydrogens (primary N) is 2. The summed E-state index contributed by atoms with van der Waals surface area (Å²) in [5, 5.41) is 0. The molecule has 4 nitrogen and oxygen atoms in total. The first-order valence-electron chi connectivity index (χ1n) is 6.88. The third-order valence-electron chi connectivity index (χ3n) is 4.09. The molecule has 1 saturated carbocycles. The topological polar surface area (TPSA) is 72.4 Å². The Hall–Kier alpha value is -1.55. The Morgan fingerprint density at radius 2 is 1.89 bits per heavy atom. The molecule has 0 atom stereocenters. The van der Waals surface area contributed by atoms with E-state index in [0.29, 0.717) is 17.6 Å². The van der Waals surface area contributed by atoms with Crippen LogP contribution in [0, 0.1) is 6.92 Å². The van der Waals surface area contributed by atoms with E-state index in [1.165, 1.54) is 0 Å². The van der Waals surface area contributed by atoms with Crippen LogP contribution < -0.4 is 16.4 Å². The first-order chi connectivity index (χ1) is 8.99. The Bertz CT molecular complexity index is 464. The Labute approximate surface area is 114 Å². The monoisotopic (exact) mass is 261 g/mol. The normalized spacial score (nSPS) is 23.1. The van der Waals surface area contributed by atoms with Crippen molar-refractivity contribution < 1.29 is 4.79 Å². The fraction of sp³-hybridized carbons (Fsp3) is 0.533. The van der Waals surface area contributed by atoms with E-state index in [1.807, 2.05) is 32.2 Å². The van der Waals surface area contributed by atoms with Gasteiger partial charge in [-0.15, -0.1) is 0 Å². The maximum Gasteiger partial charge on any atom is 0.250 e. The fourth-order valence-electron chi connectivity index (χ4n) is 2.83. The Kier molecular flexibility index (Phi) is 4.10. The minimum atomic E-state index is -0.366. The van der Waals surface area contributed by atoms with Crippen LogP contribution in [0.4, 0.5) is 5.69 Å². The molecule has 0 bridgehead atoms. The molecule has 2 rings (SSSR count). The third kappa shape index (κ3) is 3.07. The van der Waals surface area contributed by atoms with Crippen LogP contribution in [0.5, 0.6) is 0 Å². The summed E-state index contributed by atoms with van der Waals surface area (Å²) in [5.74, 6) is -0.366. The number of carbonyl (C=O) groups is 1. The van der Waals surface area contributed by atoms with Gasteiger partial charge in [0.25, 0.3) is 5.91 Å². The van der Waals surface area contributed by atoms with Crippen molar-refractivity contribution in [3.05, 3.63) is 29.3 Å². The highest BCUT2D eigenvalue weighted by molar-refractivity contribution is 5.98. The molecule has 1 aliphatic carbocycles. The summed E-state index contributed by atoms with van der Waals surface area (Å²) >= 11 is 0. The Balaban J connectivity index is 2.25. The Morgan fingerprint density at radius 3 is 2.47 bits per heavy atom. The number of anilines is 1. The lowest BCUT2D eigenvalue weighted by Crippen LogP contribution is -2.39. The number of hydrogen-bond acceptors (Lipinski definition) is 3. The smallest absolute Gasteiger partial charge is 0.250 e. The summed E-state index contributed by atoms with van der Waals surface area (Å²) in [7, 11) is 2.04. The number of aryl methyl sites for hydroxylation is 1. The van der Waals surface area contributed by atoms with Gasteiger partial charge in [-0.2, -0.15) is 0 Å². The maximum absolute atomic E-state index is 11.5. The van der Waals surface area contributed by atoms with Crippen LogP contribution in [0.2, 0.25) is 0 Å². The number of benzene rings is 1. The summed E-state index contributed by atoms with van der Waals surface area (Å²) in [6.45, 7) is 2.03. The van der Waals surface area contributed by atoms with Crippen molar-refractivity contribution >= 4 is 11.6 Å². The number of amides is 1. The zero-order chi connectivity index (χ0) is 14.0. The summed E-state index contributed by atoms with van der Waals surface area (Å²) in [6.07, 6.45) is 4.24. The minimum absolute atomic E-state index is 0.331. The van der Waals surface area contributed by atoms with Crippen molar-refractivity contribution in [3.63, 3.8) is 0 Å². The zero-order valence-corrected chi connectivity index (χ0v) is 11.7. The summed E-state index contributed by atoms with van der Waals surface area (Å²) in [6, 6.07) is 6.55. The van der Waals surface area contributed by atoms with Crippen molar-refractivity contribution in [2.45, 2.75) is 44.7 Å². The molecule has 4 N–H and O–H groups in total. The van der Waals surface area contributed by atoms with Gasteiger partial charge in [-0.3, -0.25) is 4.79 Å². The van der Waals surface area contributed by atoms with Crippen molar-refractivity contribution in [2.75, 3.05) is 11.9 Å². The van der Waals surface area contributed by atoms with Crippen LogP contribution in [0.15, 0.2) is 18.2 Å². The van der Waals surface area contributed by atoms with Gasteiger partial charge in [-0.1, -0.05) is 6.07 Å². The molecule has 104 valence electrons. The highest BCUT2D eigenvalue weighted by Crippen LogP contribution is 2.28. The number of nitrogens with zero attached hydrogens (tertiary/aromatic N) is 1. The van der Waals surface area contributed by atoms with Gasteiger partial charge in [0.2, 0.25) is 0 Å². The molecule has 0 unspecified atom stereocenters. The van der Waals surface area contributed by atoms with Gasteiger partial charge in [0.15, 0.2) is 0 Å². The molecule has 19 heavy (non-hydrogen) atoms. The molecule has 0 radical (unpaired) electrons. The fourth-order valence-corrected chi connectivity index (χ4v) is 2.83. The lowest BCUT2D eigenvalue weighted by molar-refractivity contribution is 0.100. The van der Waals surface area contributed by atoms with Crippen LogP contribution >= 0.6 is 0 Å². The zero-order valence-electron chi connectivity index (χ0n) is 11.7. The van der Waals surface area contributed by atoms with Gasteiger partial charge in [-0.05, 0) is 50.3 Å². The van der Waals surface area contributed by atoms with Gasteiger partial charge in [0.05, 0.1) is 5.56 Å². The number of carbonyl (C=O) groups excluding carboxylic acids is 1. The molecule has 1 aromatic rings. The van der Waals surface area contributed by atoms with Crippen LogP contribution in [-0.4, -0.2) is 25.0 Å². The largest absolute Gasteiger partial charge is 0.371 e. The molecule has 0 aliphatic heterocycles. The number of primary amides is 1. The lowest BCUT2D eigenvalue weighted by Gasteiger charge is -2.35. The van der Waals surface area contributed by atoms with Crippen molar-refractivity contribution in [1.29, 1.82) is 0 Å². The van der Waals surface area contributed by atoms with E-state index in [2.05, 4.69) is 4.90 Å². The minimum Gasteiger partial charge on any atom is -0.371 e. The maximum atomic E-state index is 11.5. The highest BCUT2D eigenvalue weighted by Gasteiger charge is 2.24. The van der Waals surface area contributed by atoms with E-state index in [9.17, 15) is 4.79 Å². The van der Waals surface area contributed by atoms with E-state index in [0.717, 1.165) is 36.9 Å². The molecule has 1 amide bonds. The highest BCUT2D eigenvalue weighted by atomic mass is 16.1. The quantitative estimate of drug-likeness (QED) is 0.871. The van der Waals surface area contributed by atoms with Crippen molar-refractivity contribution in [2.24, 2.45) is 11.5 Å². The molecular weight excluding hydrogens is 238 g/mol. The van der Waals surface area contributed by atoms with Gasteiger partial charge in [0.1, 0.15) is 0 Å². The molecule has 4 heteroatoms. The summed E-state index contributed by atoms with van der Waals surface area (Å²) in [4.78, 5) is 13.7. The summed E-state index contributed by atoms with van der Waals surface area (Å²) in [5.41, 5.74) is 14.1. The number of hydrogen-bond donors (Lipinski definition) is 2. The number of rotatable bonds is 3. The Morgan fingerprint density at radius 1 is 1.26 bits per heavy atom. The molecular formula is C15H23N3O. The van der Waals surface area contributed by atoms with E-state index in [-0.39, 0.29) is 5.91 Å². The van der Waals surface area contributed by atoms with Crippen LogP contribution in [-0.2, 0) is 0 Å². The van der Waals surface area contributed by atoms with E-state index < -0.39 is 0 Å². The molecule has 1 aromatic carbocycles. The predicted octanol–water partition coefficient (Wildman–Crippen LogP) is 1.80. The first kappa shape index (κ1) is 13.9. The molecule has 0 spiro atoms. The van der Waals surface area contributed by atoms with E-state index >= 15 is 0 Å². The molecule has 0 saturated heterocycles. The second-order valence-electron chi connectivity index (χ2n) is 5.56. The van der Waals surface area contributed by atoms with Crippen molar-refractivity contribution in [1.82, 2.24) is 0 Å². The second kappa shape index (κ2) is 5.61. The van der Waals surface area contributed by atoms with E-state index in [1.54, 1.807) is 0 Å². The molecule has 1 aliphatic rings. The van der Waals surface area contributed by atoms with E-state index in [4.69, 9.17) is 11.5 Å². The van der Waals surface area contributed by atoms with Crippen LogP contribution in [0.1, 0.15) is 41.6 Å². The van der Waals surface area contributed by atoms with Gasteiger partial charge in [0, 0.05) is 24.8 Å². The average molecular weight is 261 g/mol. The van der Waals surface area contributed by atoms with Crippen molar-refractivity contribution in [3.8, 4) is 0 Å². The standard InChI is InChI=1S/C15H23N3O/c1-10-3-8-13(15(17)19)14(9-10)18(2)12-6-4-11(16)5-7-12/h3,8-9,11-12H,4-7,16H2,1-2H3,(H2,17,19). The molecule has 0 aromatic heterocycles. The van der Waals surface area contributed by atoms with Gasteiger partial charge in [-0.25, -0.2) is 0 Å². The van der Waals surface area contributed by atoms with Crippen LogP contribution in [0.3, 0.4) is 0 Å². The summed E-state index contributed by atoms with van der Waals surface area (Å²) < 4.78 is 0. The average Bonchev–Trinajstić information content (AvgIpc) is 2.38. The second-order valence-corrected chi connectivity index (χ2v) is 5.56. The van der Waals surface area contributed by atoms with Gasteiger partial charge < -0.3 is 16.4 Å². The molecule has 0 heterocycles.